The van der Waals surface area contributed by atoms with Crippen molar-refractivity contribution in [1.29, 1.82) is 0 Å². The maximum atomic E-state index is 14.5. The molecule has 0 nitrogen and oxygen atoms in total. The molecule has 214 valence electrons. The molecule has 0 fully saturated rings. The Balaban J connectivity index is 0.00000202. The van der Waals surface area contributed by atoms with Crippen LogP contribution in [0.1, 0.15) is 36.1 Å². The summed E-state index contributed by atoms with van der Waals surface area (Å²) in [5.74, 6) is -0.454. The van der Waals surface area contributed by atoms with Crippen molar-refractivity contribution < 1.29 is 27.1 Å². The first kappa shape index (κ1) is 32.0. The quantitative estimate of drug-likeness (QED) is 0.169. The summed E-state index contributed by atoms with van der Waals surface area (Å²) in [4.78, 5) is 0. The number of fused-ring (bicyclic) bond motifs is 3. The number of hydrogen-bond acceptors (Lipinski definition) is 0. The second kappa shape index (κ2) is 11.6. The van der Waals surface area contributed by atoms with Gasteiger partial charge in [-0.1, -0.05) is 0 Å². The molecular formula is C37H34Cl2F2Zr. The first-order valence-electron chi connectivity index (χ1n) is 13.7. The zero-order chi connectivity index (χ0) is 28.3. The average Bonchev–Trinajstić information content (AvgIpc) is 3.51. The molecule has 0 aliphatic heterocycles. The van der Waals surface area contributed by atoms with Crippen LogP contribution >= 0.6 is 24.8 Å². The molecule has 2 aliphatic carbocycles. The molecule has 0 amide bonds. The molecule has 1 atom stereocenters. The molecule has 6 rings (SSSR count). The Kier molecular flexibility index (Phi) is 8.83. The van der Waals surface area contributed by atoms with Crippen LogP contribution in [0.2, 0.25) is 0 Å². The van der Waals surface area contributed by atoms with Crippen LogP contribution in [0.4, 0.5) is 8.78 Å². The molecule has 0 saturated carbocycles. The molecule has 0 spiro atoms. The van der Waals surface area contributed by atoms with E-state index >= 15 is 0 Å². The van der Waals surface area contributed by atoms with E-state index in [4.69, 9.17) is 4.21 Å². The Morgan fingerprint density at radius 3 is 1.81 bits per heavy atom. The number of allylic oxidation sites excluding steroid dienone is 4. The normalized spacial score (nSPS) is 15.4. The summed E-state index contributed by atoms with van der Waals surface area (Å²) in [6, 6.07) is 24.8. The van der Waals surface area contributed by atoms with Gasteiger partial charge in [0.1, 0.15) is 0 Å². The van der Waals surface area contributed by atoms with Crippen LogP contribution in [0.5, 0.6) is 0 Å². The number of benzene rings is 4. The van der Waals surface area contributed by atoms with Crippen LogP contribution in [-0.2, 0) is 24.7 Å². The van der Waals surface area contributed by atoms with Gasteiger partial charge in [-0.25, -0.2) is 0 Å². The van der Waals surface area contributed by atoms with E-state index < -0.39 is 18.3 Å². The maximum absolute atomic E-state index is 14.5. The van der Waals surface area contributed by atoms with Crippen molar-refractivity contribution in [3.05, 3.63) is 147 Å². The third kappa shape index (κ3) is 4.62. The molecule has 1 unspecified atom stereocenters. The number of halogens is 4. The van der Waals surface area contributed by atoms with Gasteiger partial charge in [-0.15, -0.1) is 24.8 Å². The fraction of sp³-hybridized carbons (Fsp3) is 0.108. The van der Waals surface area contributed by atoms with Gasteiger partial charge in [0.15, 0.2) is 0 Å². The van der Waals surface area contributed by atoms with Gasteiger partial charge in [0, 0.05) is 0 Å². The molecule has 0 aromatic heterocycles. The van der Waals surface area contributed by atoms with Gasteiger partial charge in [0.05, 0.1) is 0 Å². The zero-order valence-electron chi connectivity index (χ0n) is 23.8. The van der Waals surface area contributed by atoms with E-state index in [-0.39, 0.29) is 42.4 Å². The monoisotopic (exact) mass is 676 g/mol. The van der Waals surface area contributed by atoms with Crippen molar-refractivity contribution in [3.8, 4) is 11.1 Å². The van der Waals surface area contributed by atoms with Crippen LogP contribution in [0, 0.1) is 17.6 Å². The molecule has 0 saturated heterocycles. The smallest absolute Gasteiger partial charge is 0.147 e. The summed E-state index contributed by atoms with van der Waals surface area (Å²) in [5, 5.41) is 0. The molecule has 0 bridgehead atoms. The SMILES string of the molecule is C=Cc1ccc2c(c1)-c1cc(C=C)c[c]([Zr](=[CH2])([C]3=CC(C)=CC3C)([c]3ccc(F)cc3)[c]3ccc(F)cc3)c1C2.Cl.Cl. The predicted octanol–water partition coefficient (Wildman–Crippen LogP) is 8.54. The second-order valence-corrected chi connectivity index (χ2v) is 24.1. The van der Waals surface area contributed by atoms with Crippen LogP contribution in [0.25, 0.3) is 23.3 Å². The Labute approximate surface area is 260 Å². The fourth-order valence-electron chi connectivity index (χ4n) is 7.22. The van der Waals surface area contributed by atoms with E-state index in [1.54, 1.807) is 24.3 Å². The van der Waals surface area contributed by atoms with Gasteiger partial charge in [0.2, 0.25) is 0 Å². The van der Waals surface area contributed by atoms with Crippen molar-refractivity contribution in [2.75, 3.05) is 0 Å². The van der Waals surface area contributed by atoms with E-state index in [1.807, 2.05) is 36.4 Å². The third-order valence-corrected chi connectivity index (χ3v) is 25.6. The summed E-state index contributed by atoms with van der Waals surface area (Å²) in [7, 11) is 0. The molecule has 4 aromatic rings. The van der Waals surface area contributed by atoms with Crippen molar-refractivity contribution in [1.82, 2.24) is 0 Å². The zero-order valence-corrected chi connectivity index (χ0v) is 27.9. The minimum absolute atomic E-state index is 0. The molecule has 4 aromatic carbocycles. The Morgan fingerprint density at radius 1 is 0.762 bits per heavy atom. The summed E-state index contributed by atoms with van der Waals surface area (Å²) < 4.78 is 38.9. The van der Waals surface area contributed by atoms with Gasteiger partial charge in [-0.2, -0.15) is 0 Å². The number of rotatable bonds is 6. The first-order chi connectivity index (χ1) is 19.2. The molecule has 5 heteroatoms. The maximum Gasteiger partial charge on any atom is -0.147 e. The molecule has 0 radical (unpaired) electrons. The van der Waals surface area contributed by atoms with E-state index in [0.29, 0.717) is 0 Å². The van der Waals surface area contributed by atoms with E-state index in [0.717, 1.165) is 24.1 Å². The van der Waals surface area contributed by atoms with Crippen LogP contribution < -0.4 is 9.81 Å². The largest absolute Gasteiger partial charge is 0.147 e. The van der Waals surface area contributed by atoms with Crippen LogP contribution in [0.3, 0.4) is 0 Å². The van der Waals surface area contributed by atoms with Crippen molar-refractivity contribution in [2.45, 2.75) is 20.3 Å². The average molecular weight is 679 g/mol. The number of hydrogen-bond donors (Lipinski definition) is 0. The standard InChI is InChI=1S/C17H13.C7H9.2C6H4F.CH2.2ClH.Zr/c1-3-12-5-7-14-11-15-8-6-13(4-2)10-17(15)16(14)9-12;1-6-3-4-7(2)5-6;2*7-6-4-2-1-3-5-6;;;;/h3-7,9-10H,1-2,11H2;3,5,7H,1-2H3;2*2-5H;1H2;2*1H;. The second-order valence-electron chi connectivity index (χ2n) is 11.4. The minimum Gasteiger partial charge on any atom is -0.147 e. The molecule has 0 heterocycles. The summed E-state index contributed by atoms with van der Waals surface area (Å²) in [6.07, 6.45) is 9.11. The predicted molar refractivity (Wildman–Crippen MR) is 179 cm³/mol. The minimum atomic E-state index is -5.13. The van der Waals surface area contributed by atoms with Gasteiger partial charge >= 0.3 is 237 Å². The van der Waals surface area contributed by atoms with Gasteiger partial charge in [-0.05, 0) is 0 Å². The van der Waals surface area contributed by atoms with Crippen LogP contribution in [-0.4, -0.2) is 4.21 Å². The van der Waals surface area contributed by atoms with Crippen molar-refractivity contribution in [3.63, 3.8) is 0 Å². The molecular weight excluding hydrogens is 645 g/mol. The third-order valence-electron chi connectivity index (χ3n) is 9.12. The molecule has 42 heavy (non-hydrogen) atoms. The van der Waals surface area contributed by atoms with E-state index in [1.165, 1.54) is 34.4 Å². The fourth-order valence-corrected chi connectivity index (χ4v) is 23.8. The van der Waals surface area contributed by atoms with Crippen molar-refractivity contribution >= 4 is 51.0 Å². The van der Waals surface area contributed by atoms with Gasteiger partial charge in [-0.3, -0.25) is 0 Å². The Hall–Kier alpha value is -2.97. The van der Waals surface area contributed by atoms with Gasteiger partial charge in [0.25, 0.3) is 0 Å². The van der Waals surface area contributed by atoms with E-state index in [2.05, 4.69) is 69.5 Å². The summed E-state index contributed by atoms with van der Waals surface area (Å²) in [5.41, 5.74) is 8.14. The first-order valence-corrected chi connectivity index (χ1v) is 20.3. The Bertz CT molecular complexity index is 1790. The van der Waals surface area contributed by atoms with Crippen LogP contribution in [0.15, 0.2) is 113 Å². The Morgan fingerprint density at radius 2 is 1.31 bits per heavy atom. The van der Waals surface area contributed by atoms with Crippen molar-refractivity contribution in [2.24, 2.45) is 5.92 Å². The van der Waals surface area contributed by atoms with E-state index in [9.17, 15) is 8.78 Å². The topological polar surface area (TPSA) is 0 Å². The molecule has 2 aliphatic rings. The molecule has 0 N–H and O–H groups in total. The summed E-state index contributed by atoms with van der Waals surface area (Å²) >= 11 is -5.13. The van der Waals surface area contributed by atoms with Gasteiger partial charge < -0.3 is 0 Å². The summed E-state index contributed by atoms with van der Waals surface area (Å²) in [6.45, 7) is 12.5.